The van der Waals surface area contributed by atoms with E-state index in [1.807, 2.05) is 18.2 Å². The van der Waals surface area contributed by atoms with Crippen LogP contribution in [0, 0.1) is 11.3 Å². The van der Waals surface area contributed by atoms with Gasteiger partial charge in [-0.25, -0.2) is 0 Å². The number of carbonyl (C=O) groups excluding carboxylic acids is 1. The van der Waals surface area contributed by atoms with E-state index in [1.54, 1.807) is 30.1 Å². The topological polar surface area (TPSA) is 79.3 Å². The van der Waals surface area contributed by atoms with E-state index in [9.17, 15) is 10.1 Å². The Labute approximate surface area is 201 Å². The highest BCUT2D eigenvalue weighted by molar-refractivity contribution is 6.37. The molecule has 0 saturated carbocycles. The zero-order valence-corrected chi connectivity index (χ0v) is 19.6. The summed E-state index contributed by atoms with van der Waals surface area (Å²) in [6, 6.07) is 12.9. The minimum Gasteiger partial charge on any atom is -0.486 e. The van der Waals surface area contributed by atoms with Crippen molar-refractivity contribution in [1.29, 1.82) is 5.26 Å². The molecule has 0 saturated heterocycles. The third kappa shape index (κ3) is 3.95. The van der Waals surface area contributed by atoms with Gasteiger partial charge in [-0.15, -0.1) is 0 Å². The van der Waals surface area contributed by atoms with E-state index in [0.717, 1.165) is 17.7 Å². The van der Waals surface area contributed by atoms with Crippen molar-refractivity contribution in [2.24, 2.45) is 5.73 Å². The van der Waals surface area contributed by atoms with E-state index in [2.05, 4.69) is 6.07 Å². The zero-order valence-electron chi connectivity index (χ0n) is 17.3. The van der Waals surface area contributed by atoms with Crippen LogP contribution in [0.25, 0.3) is 0 Å². The molecule has 8 heteroatoms. The first-order chi connectivity index (χ1) is 15.3. The van der Waals surface area contributed by atoms with E-state index in [0.29, 0.717) is 46.1 Å². The largest absolute Gasteiger partial charge is 0.486 e. The number of halogens is 3. The van der Waals surface area contributed by atoms with Gasteiger partial charge in [0, 0.05) is 35.3 Å². The number of ether oxygens (including phenoxy) is 1. The monoisotopic (exact) mass is 487 g/mol. The van der Waals surface area contributed by atoms with Gasteiger partial charge in [0.05, 0.1) is 27.6 Å². The molecule has 1 aliphatic heterocycles. The molecule has 0 fully saturated rings. The average Bonchev–Trinajstić information content (AvgIpc) is 2.76. The van der Waals surface area contributed by atoms with Crippen molar-refractivity contribution in [1.82, 2.24) is 4.90 Å². The number of nitrogens with two attached hydrogens (primary N) is 1. The lowest BCUT2D eigenvalue weighted by Gasteiger charge is -2.37. The average molecular weight is 489 g/mol. The molecule has 0 unspecified atom stereocenters. The van der Waals surface area contributed by atoms with Crippen LogP contribution in [0.2, 0.25) is 15.1 Å². The molecule has 1 aliphatic carbocycles. The highest BCUT2D eigenvalue weighted by atomic mass is 35.5. The number of rotatable bonds is 4. The summed E-state index contributed by atoms with van der Waals surface area (Å²) in [4.78, 5) is 14.6. The molecule has 2 aliphatic rings. The highest BCUT2D eigenvalue weighted by Gasteiger charge is 2.39. The molecule has 0 amide bonds. The molecule has 2 aromatic carbocycles. The smallest absolute Gasteiger partial charge is 0.161 e. The summed E-state index contributed by atoms with van der Waals surface area (Å²) < 4.78 is 5.86. The SMILES string of the molecule is CN1C(N)=C(C#N)[C@H](c2cc(Cl)c(OCc3ccccc3Cl)c(Cl)c2)C2=C1CCCC2=O. The number of nitrogens with zero attached hydrogens (tertiary/aromatic N) is 2. The summed E-state index contributed by atoms with van der Waals surface area (Å²) in [5.41, 5.74) is 9.43. The molecular formula is C24H20Cl3N3O2. The second kappa shape index (κ2) is 9.07. The van der Waals surface area contributed by atoms with Gasteiger partial charge in [0.1, 0.15) is 12.4 Å². The van der Waals surface area contributed by atoms with Crippen LogP contribution in [0.3, 0.4) is 0 Å². The molecule has 0 bridgehead atoms. The second-order valence-electron chi connectivity index (χ2n) is 7.73. The lowest BCUT2D eigenvalue weighted by atomic mass is 9.76. The fraction of sp³-hybridized carbons (Fsp3) is 0.250. The van der Waals surface area contributed by atoms with Gasteiger partial charge in [0.25, 0.3) is 0 Å². The maximum atomic E-state index is 12.9. The minimum atomic E-state index is -0.619. The lowest BCUT2D eigenvalue weighted by Crippen LogP contribution is -2.36. The standard InChI is InChI=1S/C24H20Cl3N3O2/c1-30-19-7-4-8-20(31)22(19)21(15(11-28)24(30)29)14-9-17(26)23(18(27)10-14)32-12-13-5-2-3-6-16(13)25/h2-3,5-6,9-10,21H,4,7-8,12,29H2,1H3/t21-/m0/s1. The number of Topliss-reactive ketones (excluding diaryl/α,β-unsaturated/α-hetero) is 1. The second-order valence-corrected chi connectivity index (χ2v) is 8.96. The third-order valence-electron chi connectivity index (χ3n) is 5.85. The Balaban J connectivity index is 1.74. The van der Waals surface area contributed by atoms with Crippen LogP contribution in [0.5, 0.6) is 5.75 Å². The Kier molecular flexibility index (Phi) is 6.39. The van der Waals surface area contributed by atoms with E-state index in [-0.39, 0.29) is 22.4 Å². The maximum absolute atomic E-state index is 12.9. The van der Waals surface area contributed by atoms with Crippen molar-refractivity contribution < 1.29 is 9.53 Å². The van der Waals surface area contributed by atoms with Crippen molar-refractivity contribution in [2.45, 2.75) is 31.8 Å². The number of benzene rings is 2. The number of carbonyl (C=O) groups is 1. The minimum absolute atomic E-state index is 0.00893. The van der Waals surface area contributed by atoms with Gasteiger partial charge in [-0.3, -0.25) is 4.79 Å². The predicted molar refractivity (Wildman–Crippen MR) is 125 cm³/mol. The van der Waals surface area contributed by atoms with Gasteiger partial charge in [0.15, 0.2) is 11.5 Å². The van der Waals surface area contributed by atoms with Crippen molar-refractivity contribution in [3.05, 3.63) is 85.3 Å². The number of nitriles is 1. The Morgan fingerprint density at radius 1 is 1.16 bits per heavy atom. The van der Waals surface area contributed by atoms with Gasteiger partial charge >= 0.3 is 0 Å². The summed E-state index contributed by atoms with van der Waals surface area (Å²) in [5.74, 6) is 0.0306. The van der Waals surface area contributed by atoms with Gasteiger partial charge in [-0.2, -0.15) is 5.26 Å². The molecular weight excluding hydrogens is 469 g/mol. The number of ketones is 1. The summed E-state index contributed by atoms with van der Waals surface area (Å²) in [5, 5.41) is 11.0. The van der Waals surface area contributed by atoms with E-state index in [4.69, 9.17) is 45.3 Å². The first-order valence-electron chi connectivity index (χ1n) is 10.1. The normalized spacial score (nSPS) is 18.5. The molecule has 1 heterocycles. The molecule has 0 spiro atoms. The molecule has 2 N–H and O–H groups in total. The molecule has 0 aromatic heterocycles. The van der Waals surface area contributed by atoms with Crippen LogP contribution < -0.4 is 10.5 Å². The van der Waals surface area contributed by atoms with E-state index >= 15 is 0 Å². The molecule has 0 radical (unpaired) electrons. The Morgan fingerprint density at radius 2 is 1.84 bits per heavy atom. The van der Waals surface area contributed by atoms with Gasteiger partial charge in [-0.05, 0) is 36.6 Å². The summed E-state index contributed by atoms with van der Waals surface area (Å²) in [6.07, 6.45) is 1.90. The van der Waals surface area contributed by atoms with Crippen molar-refractivity contribution in [3.8, 4) is 11.8 Å². The molecule has 32 heavy (non-hydrogen) atoms. The van der Waals surface area contributed by atoms with Crippen LogP contribution >= 0.6 is 34.8 Å². The summed E-state index contributed by atoms with van der Waals surface area (Å²) in [6.45, 7) is 0.191. The van der Waals surface area contributed by atoms with Crippen LogP contribution in [0.4, 0.5) is 0 Å². The lowest BCUT2D eigenvalue weighted by molar-refractivity contribution is -0.116. The first kappa shape index (κ1) is 22.5. The quantitative estimate of drug-likeness (QED) is 0.575. The molecule has 5 nitrogen and oxygen atoms in total. The third-order valence-corrected chi connectivity index (χ3v) is 6.78. The molecule has 164 valence electrons. The zero-order chi connectivity index (χ0) is 23.0. The summed E-state index contributed by atoms with van der Waals surface area (Å²) in [7, 11) is 1.78. The number of hydrogen-bond donors (Lipinski definition) is 1. The van der Waals surface area contributed by atoms with Gasteiger partial charge in [-0.1, -0.05) is 53.0 Å². The molecule has 1 atom stereocenters. The molecule has 4 rings (SSSR count). The van der Waals surface area contributed by atoms with Crippen LogP contribution in [-0.2, 0) is 11.4 Å². The fourth-order valence-electron chi connectivity index (χ4n) is 4.25. The van der Waals surface area contributed by atoms with Crippen LogP contribution in [0.15, 0.2) is 59.1 Å². The highest BCUT2D eigenvalue weighted by Crippen LogP contribution is 2.46. The van der Waals surface area contributed by atoms with Gasteiger partial charge < -0.3 is 15.4 Å². The first-order valence-corrected chi connectivity index (χ1v) is 11.2. The van der Waals surface area contributed by atoms with Crippen LogP contribution in [0.1, 0.15) is 36.3 Å². The number of hydrogen-bond acceptors (Lipinski definition) is 5. The Hall–Kier alpha value is -2.65. The van der Waals surface area contributed by atoms with E-state index < -0.39 is 5.92 Å². The number of allylic oxidation sites excluding steroid dienone is 3. The molecule has 2 aromatic rings. The van der Waals surface area contributed by atoms with Crippen molar-refractivity contribution >= 4 is 40.6 Å². The van der Waals surface area contributed by atoms with E-state index in [1.165, 1.54) is 0 Å². The Morgan fingerprint density at radius 3 is 2.50 bits per heavy atom. The van der Waals surface area contributed by atoms with Crippen molar-refractivity contribution in [3.63, 3.8) is 0 Å². The Bertz CT molecular complexity index is 1190. The van der Waals surface area contributed by atoms with Crippen LogP contribution in [-0.4, -0.2) is 17.7 Å². The predicted octanol–water partition coefficient (Wildman–Crippen LogP) is 5.96. The fourth-order valence-corrected chi connectivity index (χ4v) is 5.05. The van der Waals surface area contributed by atoms with Crippen molar-refractivity contribution in [2.75, 3.05) is 7.05 Å². The van der Waals surface area contributed by atoms with Gasteiger partial charge in [0.2, 0.25) is 0 Å². The summed E-state index contributed by atoms with van der Waals surface area (Å²) >= 11 is 19.3. The maximum Gasteiger partial charge on any atom is 0.161 e.